The van der Waals surface area contributed by atoms with Crippen molar-refractivity contribution in [1.82, 2.24) is 15.3 Å². The topological polar surface area (TPSA) is 116 Å². The predicted molar refractivity (Wildman–Crippen MR) is 115 cm³/mol. The average molecular weight is 442 g/mol. The van der Waals surface area contributed by atoms with Crippen molar-refractivity contribution < 1.29 is 29.1 Å². The van der Waals surface area contributed by atoms with Gasteiger partial charge in [0.25, 0.3) is 0 Å². The molecule has 0 spiro atoms. The Morgan fingerprint density at radius 3 is 2.32 bits per heavy atom. The van der Waals surface area contributed by atoms with Crippen LogP contribution >= 0.6 is 0 Å². The summed E-state index contributed by atoms with van der Waals surface area (Å²) in [6.45, 7) is 10.5. The van der Waals surface area contributed by atoms with Crippen LogP contribution in [0.1, 0.15) is 66.7 Å². The van der Waals surface area contributed by atoms with Crippen molar-refractivity contribution in [3.05, 3.63) is 0 Å². The Balaban J connectivity index is 2.86. The van der Waals surface area contributed by atoms with E-state index in [1.165, 1.54) is 0 Å². The molecule has 0 aromatic heterocycles. The molecule has 0 unspecified atom stereocenters. The van der Waals surface area contributed by atoms with E-state index in [1.807, 2.05) is 27.7 Å². The molecule has 178 valence electrons. The summed E-state index contributed by atoms with van der Waals surface area (Å²) >= 11 is 0. The number of nitrogens with one attached hydrogen (secondary N) is 1. The van der Waals surface area contributed by atoms with E-state index in [4.69, 9.17) is 4.74 Å². The molecule has 9 nitrogen and oxygen atoms in total. The minimum Gasteiger partial charge on any atom is -0.466 e. The first-order chi connectivity index (χ1) is 14.5. The van der Waals surface area contributed by atoms with Gasteiger partial charge in [0.2, 0.25) is 18.2 Å². The number of likely N-dealkylation sites (tertiary alicyclic amines) is 1. The van der Waals surface area contributed by atoms with Crippen LogP contribution in [-0.4, -0.2) is 71.6 Å². The second-order valence-electron chi connectivity index (χ2n) is 9.23. The smallest absolute Gasteiger partial charge is 0.309 e. The van der Waals surface area contributed by atoms with E-state index in [0.717, 1.165) is 12.8 Å². The molecule has 0 aromatic carbocycles. The summed E-state index contributed by atoms with van der Waals surface area (Å²) in [5.74, 6) is -1.58. The van der Waals surface area contributed by atoms with Gasteiger partial charge in [0.1, 0.15) is 6.04 Å². The van der Waals surface area contributed by atoms with Crippen LogP contribution in [0.2, 0.25) is 0 Å². The summed E-state index contributed by atoms with van der Waals surface area (Å²) in [7, 11) is 0. The Morgan fingerprint density at radius 2 is 1.84 bits per heavy atom. The molecule has 3 amide bonds. The maximum Gasteiger partial charge on any atom is 0.309 e. The molecule has 1 saturated heterocycles. The van der Waals surface area contributed by atoms with Crippen LogP contribution in [0, 0.1) is 17.3 Å². The van der Waals surface area contributed by atoms with Gasteiger partial charge in [-0.25, -0.2) is 5.06 Å². The summed E-state index contributed by atoms with van der Waals surface area (Å²) < 4.78 is 5.08. The molecule has 1 aliphatic heterocycles. The lowest BCUT2D eigenvalue weighted by atomic mass is 9.84. The molecule has 1 heterocycles. The monoisotopic (exact) mass is 441 g/mol. The van der Waals surface area contributed by atoms with Crippen LogP contribution in [-0.2, 0) is 23.9 Å². The van der Waals surface area contributed by atoms with Gasteiger partial charge in [0.15, 0.2) is 0 Å². The van der Waals surface area contributed by atoms with Gasteiger partial charge in [-0.05, 0) is 31.6 Å². The first-order valence-corrected chi connectivity index (χ1v) is 11.2. The van der Waals surface area contributed by atoms with Crippen LogP contribution in [0.5, 0.6) is 0 Å². The van der Waals surface area contributed by atoms with E-state index < -0.39 is 17.4 Å². The number of unbranched alkanes of at least 4 members (excludes halogenated alkanes) is 1. The van der Waals surface area contributed by atoms with Gasteiger partial charge < -0.3 is 15.0 Å². The first kappa shape index (κ1) is 26.9. The molecule has 0 saturated carbocycles. The van der Waals surface area contributed by atoms with Gasteiger partial charge in [-0.2, -0.15) is 0 Å². The van der Waals surface area contributed by atoms with Gasteiger partial charge in [-0.1, -0.05) is 40.5 Å². The number of carbonyl (C=O) groups excluding carboxylic acids is 4. The van der Waals surface area contributed by atoms with Crippen molar-refractivity contribution in [1.29, 1.82) is 0 Å². The van der Waals surface area contributed by atoms with E-state index in [1.54, 1.807) is 11.8 Å². The highest BCUT2D eigenvalue weighted by molar-refractivity contribution is 5.89. The summed E-state index contributed by atoms with van der Waals surface area (Å²) in [5.41, 5.74) is -0.538. The minimum absolute atomic E-state index is 0.120. The maximum atomic E-state index is 13.3. The van der Waals surface area contributed by atoms with Crippen molar-refractivity contribution in [2.45, 2.75) is 72.8 Å². The third-order valence-electron chi connectivity index (χ3n) is 5.63. The summed E-state index contributed by atoms with van der Waals surface area (Å²) in [5, 5.41) is 12.9. The molecule has 0 radical (unpaired) electrons. The zero-order chi connectivity index (χ0) is 23.6. The Kier molecular flexibility index (Phi) is 11.0. The van der Waals surface area contributed by atoms with Crippen molar-refractivity contribution in [2.75, 3.05) is 26.2 Å². The number of amides is 3. The SMILES string of the molecule is CCCC[C@H](CN(O)C=O)C(=O)N[C@H](C(=O)N1CCC(C(=O)OCC)CC1)C(C)(C)C. The van der Waals surface area contributed by atoms with E-state index >= 15 is 0 Å². The fraction of sp³-hybridized carbons (Fsp3) is 0.818. The Labute approximate surface area is 185 Å². The lowest BCUT2D eigenvalue weighted by Gasteiger charge is -2.38. The Hall–Kier alpha value is -2.16. The summed E-state index contributed by atoms with van der Waals surface area (Å²) in [6, 6.07) is -0.758. The lowest BCUT2D eigenvalue weighted by molar-refractivity contribution is -0.155. The second kappa shape index (κ2) is 12.6. The largest absolute Gasteiger partial charge is 0.466 e. The lowest BCUT2D eigenvalue weighted by Crippen LogP contribution is -2.57. The molecule has 0 aromatic rings. The normalized spacial score (nSPS) is 16.9. The van der Waals surface area contributed by atoms with Crippen LogP contribution < -0.4 is 5.32 Å². The molecule has 0 aliphatic carbocycles. The maximum absolute atomic E-state index is 13.3. The van der Waals surface area contributed by atoms with Gasteiger partial charge in [-0.15, -0.1) is 0 Å². The molecule has 1 fully saturated rings. The van der Waals surface area contributed by atoms with Crippen LogP contribution in [0.15, 0.2) is 0 Å². The van der Waals surface area contributed by atoms with Gasteiger partial charge in [0.05, 0.1) is 25.0 Å². The fourth-order valence-electron chi connectivity index (χ4n) is 3.71. The molecule has 31 heavy (non-hydrogen) atoms. The molecule has 9 heteroatoms. The van der Waals surface area contributed by atoms with E-state index in [9.17, 15) is 24.4 Å². The number of ether oxygens (including phenoxy) is 1. The van der Waals surface area contributed by atoms with Crippen LogP contribution in [0.4, 0.5) is 0 Å². The molecule has 1 aliphatic rings. The Bertz CT molecular complexity index is 611. The van der Waals surface area contributed by atoms with Crippen molar-refractivity contribution >= 4 is 24.2 Å². The van der Waals surface area contributed by atoms with Crippen LogP contribution in [0.3, 0.4) is 0 Å². The molecule has 2 N–H and O–H groups in total. The highest BCUT2D eigenvalue weighted by Crippen LogP contribution is 2.25. The summed E-state index contributed by atoms with van der Waals surface area (Å²) in [6.07, 6.45) is 3.48. The number of rotatable bonds is 11. The number of hydroxylamine groups is 2. The predicted octanol–water partition coefficient (Wildman–Crippen LogP) is 1.97. The molecule has 1 rings (SSSR count). The number of carbonyl (C=O) groups is 4. The van der Waals surface area contributed by atoms with E-state index in [-0.39, 0.29) is 36.7 Å². The molecule has 2 atom stereocenters. The quantitative estimate of drug-likeness (QED) is 0.219. The minimum atomic E-state index is -0.758. The van der Waals surface area contributed by atoms with E-state index in [0.29, 0.717) is 44.0 Å². The Morgan fingerprint density at radius 1 is 1.23 bits per heavy atom. The fourth-order valence-corrected chi connectivity index (χ4v) is 3.71. The third kappa shape index (κ3) is 8.47. The average Bonchev–Trinajstić information content (AvgIpc) is 2.73. The van der Waals surface area contributed by atoms with Gasteiger partial charge in [-0.3, -0.25) is 24.4 Å². The number of esters is 1. The summed E-state index contributed by atoms with van der Waals surface area (Å²) in [4.78, 5) is 50.7. The van der Waals surface area contributed by atoms with Crippen molar-refractivity contribution in [3.8, 4) is 0 Å². The molecular formula is C22H39N3O6. The van der Waals surface area contributed by atoms with Gasteiger partial charge >= 0.3 is 5.97 Å². The number of piperidine rings is 1. The van der Waals surface area contributed by atoms with Crippen LogP contribution in [0.25, 0.3) is 0 Å². The highest BCUT2D eigenvalue weighted by Gasteiger charge is 2.39. The zero-order valence-corrected chi connectivity index (χ0v) is 19.6. The molecular weight excluding hydrogens is 402 g/mol. The number of nitrogens with zero attached hydrogens (tertiary/aromatic N) is 2. The number of hydrogen-bond acceptors (Lipinski definition) is 6. The zero-order valence-electron chi connectivity index (χ0n) is 19.6. The molecule has 0 bridgehead atoms. The third-order valence-corrected chi connectivity index (χ3v) is 5.63. The van der Waals surface area contributed by atoms with Crippen molar-refractivity contribution in [2.24, 2.45) is 17.3 Å². The standard InChI is InChI=1S/C22H39N3O6/c1-6-8-9-17(14-25(30)15-26)19(27)23-18(22(3,4)5)20(28)24-12-10-16(11-13-24)21(29)31-7-2/h15-18,30H,6-14H2,1-5H3,(H,23,27)/t17-,18-/m1/s1. The van der Waals surface area contributed by atoms with Crippen molar-refractivity contribution in [3.63, 3.8) is 0 Å². The first-order valence-electron chi connectivity index (χ1n) is 11.2. The van der Waals surface area contributed by atoms with E-state index in [2.05, 4.69) is 5.32 Å². The second-order valence-corrected chi connectivity index (χ2v) is 9.23. The van der Waals surface area contributed by atoms with Gasteiger partial charge in [0, 0.05) is 13.1 Å². The number of hydrogen-bond donors (Lipinski definition) is 2. The highest BCUT2D eigenvalue weighted by atomic mass is 16.5.